The molecule has 0 bridgehead atoms. The maximum atomic E-state index is 2.66. The van der Waals surface area contributed by atoms with Crippen molar-refractivity contribution in [1.82, 2.24) is 13.7 Å². The van der Waals surface area contributed by atoms with E-state index in [1.807, 2.05) is 0 Å². The van der Waals surface area contributed by atoms with Gasteiger partial charge in [-0.15, -0.1) is 0 Å². The molecule has 0 saturated heterocycles. The summed E-state index contributed by atoms with van der Waals surface area (Å²) < 4.78 is 7.87. The minimum absolute atomic E-state index is 0.0617. The van der Waals surface area contributed by atoms with Gasteiger partial charge < -0.3 is 13.7 Å². The van der Waals surface area contributed by atoms with Crippen LogP contribution < -0.4 is 16.4 Å². The van der Waals surface area contributed by atoms with Crippen molar-refractivity contribution in [3.63, 3.8) is 0 Å². The van der Waals surface area contributed by atoms with Crippen LogP contribution in [-0.4, -0.2) is 20.4 Å². The first-order valence-corrected chi connectivity index (χ1v) is 23.6. The van der Waals surface area contributed by atoms with Crippen LogP contribution in [0.1, 0.15) is 52.7 Å². The molecule has 2 aliphatic rings. The van der Waals surface area contributed by atoms with Crippen molar-refractivity contribution in [2.45, 2.75) is 52.4 Å². The van der Waals surface area contributed by atoms with Crippen molar-refractivity contribution >= 4 is 88.5 Å². The Balaban J connectivity index is 1.24. The number of hydrogen-bond donors (Lipinski definition) is 0. The molecule has 0 fully saturated rings. The van der Waals surface area contributed by atoms with E-state index in [0.29, 0.717) is 0 Å². The van der Waals surface area contributed by atoms with Gasteiger partial charge in [-0.25, -0.2) is 0 Å². The summed E-state index contributed by atoms with van der Waals surface area (Å²) in [4.78, 5) is 0. The molecule has 0 N–H and O–H groups in total. The van der Waals surface area contributed by atoms with E-state index in [4.69, 9.17) is 0 Å². The first-order valence-electron chi connectivity index (χ1n) is 23.6. The Bertz CT molecular complexity index is 3800. The first kappa shape index (κ1) is 37.8. The summed E-state index contributed by atoms with van der Waals surface area (Å²) in [6.07, 6.45) is 0. The van der Waals surface area contributed by atoms with Crippen LogP contribution in [-0.2, 0) is 10.8 Å². The number of fused-ring (bicyclic) bond motifs is 13. The number of nitrogens with zero attached hydrogens (tertiary/aromatic N) is 3. The highest BCUT2D eigenvalue weighted by Gasteiger charge is 2.41. The Kier molecular flexibility index (Phi) is 7.47. The molecular formula is C62H48BN3. The maximum absolute atomic E-state index is 2.66. The highest BCUT2D eigenvalue weighted by molar-refractivity contribution is 7.00. The van der Waals surface area contributed by atoms with E-state index in [-0.39, 0.29) is 17.5 Å². The molecule has 4 heteroatoms. The largest absolute Gasteiger partial charge is 0.310 e. The van der Waals surface area contributed by atoms with Crippen LogP contribution in [0, 0.1) is 0 Å². The lowest BCUT2D eigenvalue weighted by molar-refractivity contribution is 0.590. The molecule has 0 atom stereocenters. The summed E-state index contributed by atoms with van der Waals surface area (Å²) in [5.41, 5.74) is 22.7. The monoisotopic (exact) mass is 845 g/mol. The van der Waals surface area contributed by atoms with E-state index in [2.05, 4.69) is 237 Å². The summed E-state index contributed by atoms with van der Waals surface area (Å²) in [6.45, 7) is 14.2. The molecule has 3 nitrogen and oxygen atoms in total. The molecule has 2 aliphatic heterocycles. The lowest BCUT2D eigenvalue weighted by atomic mass is 9.34. The van der Waals surface area contributed by atoms with E-state index < -0.39 is 0 Å². The molecular weight excluding hydrogens is 798 g/mol. The first-order chi connectivity index (χ1) is 32.0. The molecule has 0 saturated carbocycles. The van der Waals surface area contributed by atoms with E-state index in [9.17, 15) is 0 Å². The van der Waals surface area contributed by atoms with Gasteiger partial charge in [-0.05, 0) is 98.0 Å². The predicted octanol–water partition coefficient (Wildman–Crippen LogP) is 14.0. The minimum Gasteiger partial charge on any atom is -0.310 e. The lowest BCUT2D eigenvalue weighted by Crippen LogP contribution is -2.59. The topological polar surface area (TPSA) is 14.8 Å². The molecule has 0 unspecified atom stereocenters. The van der Waals surface area contributed by atoms with Gasteiger partial charge in [-0.3, -0.25) is 0 Å². The lowest BCUT2D eigenvalue weighted by Gasteiger charge is -2.34. The van der Waals surface area contributed by atoms with Gasteiger partial charge in [-0.2, -0.15) is 0 Å². The van der Waals surface area contributed by atoms with Gasteiger partial charge >= 0.3 is 0 Å². The Hall–Kier alpha value is -7.56. The highest BCUT2D eigenvalue weighted by Crippen LogP contribution is 2.47. The van der Waals surface area contributed by atoms with E-state index in [0.717, 1.165) is 5.69 Å². The normalized spacial score (nSPS) is 13.3. The second-order valence-corrected chi connectivity index (χ2v) is 20.9. The molecule has 314 valence electrons. The summed E-state index contributed by atoms with van der Waals surface area (Å²) in [7, 11) is 0. The Morgan fingerprint density at radius 2 is 0.758 bits per heavy atom. The second-order valence-electron chi connectivity index (χ2n) is 20.9. The average Bonchev–Trinajstić information content (AvgIpc) is 3.98. The van der Waals surface area contributed by atoms with Gasteiger partial charge in [-0.1, -0.05) is 175 Å². The highest BCUT2D eigenvalue weighted by atomic mass is 15.1. The molecule has 5 heterocycles. The van der Waals surface area contributed by atoms with Gasteiger partial charge in [0.05, 0.1) is 27.8 Å². The smallest absolute Gasteiger partial charge is 0.252 e. The van der Waals surface area contributed by atoms with Gasteiger partial charge in [0, 0.05) is 65.9 Å². The van der Waals surface area contributed by atoms with Crippen molar-refractivity contribution < 1.29 is 0 Å². The van der Waals surface area contributed by atoms with E-state index >= 15 is 0 Å². The number of aromatic nitrogens is 3. The van der Waals surface area contributed by atoms with Gasteiger partial charge in [0.1, 0.15) is 0 Å². The zero-order chi connectivity index (χ0) is 44.4. The Labute approximate surface area is 385 Å². The van der Waals surface area contributed by atoms with Crippen molar-refractivity contribution in [2.24, 2.45) is 0 Å². The van der Waals surface area contributed by atoms with Crippen LogP contribution in [0.25, 0.3) is 105 Å². The molecule has 3 aromatic heterocycles. The van der Waals surface area contributed by atoms with Crippen LogP contribution in [0.4, 0.5) is 0 Å². The minimum atomic E-state index is -0.0798. The zero-order valence-electron chi connectivity index (χ0n) is 38.2. The molecule has 0 amide bonds. The van der Waals surface area contributed by atoms with Gasteiger partial charge in [0.15, 0.2) is 0 Å². The third-order valence-electron chi connectivity index (χ3n) is 15.1. The SMILES string of the molecule is CC(C)(C)c1cc(-c2ccccc2)c2c(c1)c1cc(C(C)(C)C)cc(-c3ccccc3)c1n2-c1cc2c3c(c1)-n1c4ccccc4c4cccc(c41)B3c1cccc3c4ccccc4n-2c13. The van der Waals surface area contributed by atoms with E-state index in [1.165, 1.54) is 127 Å². The molecule has 9 aromatic carbocycles. The fourth-order valence-corrected chi connectivity index (χ4v) is 12.0. The number of para-hydroxylation sites is 4. The molecule has 0 aliphatic carbocycles. The summed E-state index contributed by atoms with van der Waals surface area (Å²) in [5, 5.41) is 7.74. The molecule has 0 radical (unpaired) electrons. The summed E-state index contributed by atoms with van der Waals surface area (Å²) in [5.74, 6) is 0. The zero-order valence-corrected chi connectivity index (χ0v) is 38.2. The van der Waals surface area contributed by atoms with Crippen LogP contribution in [0.15, 0.2) is 182 Å². The average molecular weight is 846 g/mol. The van der Waals surface area contributed by atoms with Crippen molar-refractivity contribution in [3.8, 4) is 39.3 Å². The van der Waals surface area contributed by atoms with Crippen LogP contribution >= 0.6 is 0 Å². The summed E-state index contributed by atoms with van der Waals surface area (Å²) >= 11 is 0. The maximum Gasteiger partial charge on any atom is 0.252 e. The summed E-state index contributed by atoms with van der Waals surface area (Å²) in [6, 6.07) is 69.4. The standard InChI is InChI=1S/C62H48BN3/c1-61(2,3)39-31-46(37-19-9-7-10-20-37)57-48(33-39)49-34-40(62(4,5)6)32-47(38-21-11-8-12-22-38)58(49)64(57)41-35-54-56-55(36-41)66-53-30-16-14-24-43(53)45-26-18-28-51(60(45)66)63(56)50-27-17-25-44-42-23-13-15-29-52(42)65(54)59(44)50/h7-36H,1-6H3. The number of benzene rings is 9. The van der Waals surface area contributed by atoms with Crippen LogP contribution in [0.2, 0.25) is 0 Å². The Morgan fingerprint density at radius 1 is 0.348 bits per heavy atom. The third-order valence-corrected chi connectivity index (χ3v) is 15.1. The van der Waals surface area contributed by atoms with E-state index in [1.54, 1.807) is 0 Å². The number of rotatable bonds is 3. The second kappa shape index (κ2) is 13.0. The third kappa shape index (κ3) is 4.99. The van der Waals surface area contributed by atoms with Crippen molar-refractivity contribution in [3.05, 3.63) is 193 Å². The fraction of sp³-hybridized carbons (Fsp3) is 0.129. The predicted molar refractivity (Wildman–Crippen MR) is 282 cm³/mol. The molecule has 14 rings (SSSR count). The van der Waals surface area contributed by atoms with Gasteiger partial charge in [0.25, 0.3) is 6.71 Å². The fourth-order valence-electron chi connectivity index (χ4n) is 12.0. The molecule has 0 spiro atoms. The Morgan fingerprint density at radius 3 is 1.20 bits per heavy atom. The molecule has 12 aromatic rings. The van der Waals surface area contributed by atoms with Crippen molar-refractivity contribution in [2.75, 3.05) is 0 Å². The van der Waals surface area contributed by atoms with Crippen LogP contribution in [0.3, 0.4) is 0 Å². The van der Waals surface area contributed by atoms with Crippen LogP contribution in [0.5, 0.6) is 0 Å². The number of hydrogen-bond acceptors (Lipinski definition) is 0. The molecule has 66 heavy (non-hydrogen) atoms. The quantitative estimate of drug-likeness (QED) is 0.157. The van der Waals surface area contributed by atoms with Gasteiger partial charge in [0.2, 0.25) is 0 Å². The van der Waals surface area contributed by atoms with Crippen molar-refractivity contribution in [1.29, 1.82) is 0 Å².